The Hall–Kier alpha value is -0.580. The van der Waals surface area contributed by atoms with Crippen molar-refractivity contribution in [3.05, 3.63) is 29.6 Å². The fraction of sp³-hybridized carbons (Fsp3) is 0.500. The molecule has 0 bridgehead atoms. The summed E-state index contributed by atoms with van der Waals surface area (Å²) in [6, 6.07) is 5.38. The normalized spacial score (nSPS) is 21.4. The molecule has 2 aliphatic heterocycles. The van der Waals surface area contributed by atoms with E-state index >= 15 is 0 Å². The minimum Gasteiger partial charge on any atom is -1.00 e. The highest BCUT2D eigenvalue weighted by atomic mass is 127. The minimum atomic E-state index is 0. The van der Waals surface area contributed by atoms with Gasteiger partial charge in [-0.05, 0) is 32.6 Å². The second-order valence-electron chi connectivity index (χ2n) is 5.29. The standard InChI is InChI=1S/C14H17N2.HI/c1-10-4-5-12-7-6-11-3-2-8-15-9-16(10)14(12)13(11)15;/h6-7,9-10H,2-5,8H2,1H3;1H/q+1;/p-1/t10-;/m0./s1. The van der Waals surface area contributed by atoms with Crippen LogP contribution in [0.4, 0.5) is 0 Å². The first kappa shape index (κ1) is 11.5. The average molecular weight is 340 g/mol. The van der Waals surface area contributed by atoms with E-state index in [1.165, 1.54) is 43.3 Å². The molecule has 0 spiro atoms. The predicted molar refractivity (Wildman–Crippen MR) is 63.5 cm³/mol. The molecule has 1 aromatic carbocycles. The van der Waals surface area contributed by atoms with E-state index in [9.17, 15) is 0 Å². The van der Waals surface area contributed by atoms with Crippen LogP contribution in [0.1, 0.15) is 36.9 Å². The third-order valence-electron chi connectivity index (χ3n) is 4.28. The Morgan fingerprint density at radius 1 is 1.24 bits per heavy atom. The zero-order valence-electron chi connectivity index (χ0n) is 10.1. The minimum absolute atomic E-state index is 0. The third kappa shape index (κ3) is 1.47. The van der Waals surface area contributed by atoms with Crippen molar-refractivity contribution in [2.75, 3.05) is 0 Å². The Kier molecular flexibility index (Phi) is 2.69. The summed E-state index contributed by atoms with van der Waals surface area (Å²) in [6.07, 6.45) is 7.44. The van der Waals surface area contributed by atoms with Crippen LogP contribution in [-0.2, 0) is 19.4 Å². The smallest absolute Gasteiger partial charge is 0.244 e. The lowest BCUT2D eigenvalue weighted by atomic mass is 9.96. The van der Waals surface area contributed by atoms with Crippen LogP contribution in [0.25, 0.3) is 11.0 Å². The predicted octanol–water partition coefficient (Wildman–Crippen LogP) is -0.614. The van der Waals surface area contributed by atoms with E-state index < -0.39 is 0 Å². The van der Waals surface area contributed by atoms with Gasteiger partial charge in [-0.1, -0.05) is 12.1 Å². The molecular weight excluding hydrogens is 323 g/mol. The molecule has 0 unspecified atom stereocenters. The van der Waals surface area contributed by atoms with Crippen molar-refractivity contribution in [2.45, 2.75) is 45.2 Å². The SMILES string of the molecule is C[C@H]1CCc2ccc3c4c2n1c[n+]4CCC3.[I-]. The van der Waals surface area contributed by atoms with Crippen LogP contribution in [0.2, 0.25) is 0 Å². The molecule has 0 saturated heterocycles. The van der Waals surface area contributed by atoms with Gasteiger partial charge in [0.05, 0.1) is 12.6 Å². The van der Waals surface area contributed by atoms with Crippen molar-refractivity contribution in [3.63, 3.8) is 0 Å². The van der Waals surface area contributed by atoms with Crippen LogP contribution in [0.3, 0.4) is 0 Å². The van der Waals surface area contributed by atoms with Crippen molar-refractivity contribution >= 4 is 11.0 Å². The fourth-order valence-electron chi connectivity index (χ4n) is 3.39. The van der Waals surface area contributed by atoms with Gasteiger partial charge < -0.3 is 24.0 Å². The van der Waals surface area contributed by atoms with Crippen LogP contribution in [-0.4, -0.2) is 4.57 Å². The first-order valence-electron chi connectivity index (χ1n) is 6.39. The maximum Gasteiger partial charge on any atom is 0.244 e. The molecule has 1 atom stereocenters. The van der Waals surface area contributed by atoms with Gasteiger partial charge in [0.15, 0.2) is 11.0 Å². The Morgan fingerprint density at radius 3 is 2.94 bits per heavy atom. The quantitative estimate of drug-likeness (QED) is 0.447. The van der Waals surface area contributed by atoms with E-state index in [0.717, 1.165) is 0 Å². The number of nitrogens with zero attached hydrogens (tertiary/aromatic N) is 2. The molecule has 0 saturated carbocycles. The molecule has 4 rings (SSSR count). The van der Waals surface area contributed by atoms with E-state index in [4.69, 9.17) is 0 Å². The van der Waals surface area contributed by atoms with Crippen LogP contribution in [0.5, 0.6) is 0 Å². The Balaban J connectivity index is 0.000000902. The van der Waals surface area contributed by atoms with Gasteiger partial charge in [-0.3, -0.25) is 0 Å². The highest BCUT2D eigenvalue weighted by molar-refractivity contribution is 5.80. The molecule has 2 aliphatic rings. The summed E-state index contributed by atoms with van der Waals surface area (Å²) < 4.78 is 4.97. The molecule has 3 heteroatoms. The van der Waals surface area contributed by atoms with Crippen LogP contribution < -0.4 is 28.5 Å². The molecule has 1 aromatic heterocycles. The average Bonchev–Trinajstić information content (AvgIpc) is 2.70. The van der Waals surface area contributed by atoms with Crippen molar-refractivity contribution in [1.82, 2.24) is 4.57 Å². The zero-order valence-corrected chi connectivity index (χ0v) is 12.3. The van der Waals surface area contributed by atoms with Gasteiger partial charge in [0.25, 0.3) is 0 Å². The van der Waals surface area contributed by atoms with E-state index in [-0.39, 0.29) is 24.0 Å². The summed E-state index contributed by atoms with van der Waals surface area (Å²) in [5.74, 6) is 0. The summed E-state index contributed by atoms with van der Waals surface area (Å²) in [5.41, 5.74) is 6.15. The number of halogens is 1. The summed E-state index contributed by atoms with van der Waals surface area (Å²) >= 11 is 0. The lowest BCUT2D eigenvalue weighted by Crippen LogP contribution is -3.00. The van der Waals surface area contributed by atoms with Gasteiger partial charge >= 0.3 is 0 Å². The molecule has 0 amide bonds. The molecule has 90 valence electrons. The van der Waals surface area contributed by atoms with E-state index in [1.807, 2.05) is 0 Å². The van der Waals surface area contributed by atoms with E-state index in [2.05, 4.69) is 34.5 Å². The van der Waals surface area contributed by atoms with Gasteiger partial charge in [-0.15, -0.1) is 0 Å². The second kappa shape index (κ2) is 3.97. The van der Waals surface area contributed by atoms with Gasteiger partial charge in [-0.25, -0.2) is 9.13 Å². The lowest BCUT2D eigenvalue weighted by molar-refractivity contribution is -0.675. The number of imidazole rings is 1. The highest BCUT2D eigenvalue weighted by Crippen LogP contribution is 2.32. The van der Waals surface area contributed by atoms with Crippen molar-refractivity contribution in [3.8, 4) is 0 Å². The molecule has 2 nitrogen and oxygen atoms in total. The van der Waals surface area contributed by atoms with Gasteiger partial charge in [0, 0.05) is 11.1 Å². The van der Waals surface area contributed by atoms with Crippen molar-refractivity contribution < 1.29 is 28.5 Å². The van der Waals surface area contributed by atoms with E-state index in [0.29, 0.717) is 6.04 Å². The fourth-order valence-corrected chi connectivity index (χ4v) is 3.39. The Labute approximate surface area is 119 Å². The number of hydrogen-bond donors (Lipinski definition) is 0. The first-order valence-corrected chi connectivity index (χ1v) is 6.39. The first-order chi connectivity index (χ1) is 7.84. The molecule has 17 heavy (non-hydrogen) atoms. The van der Waals surface area contributed by atoms with Crippen LogP contribution in [0, 0.1) is 0 Å². The molecule has 0 fully saturated rings. The van der Waals surface area contributed by atoms with Crippen molar-refractivity contribution in [1.29, 1.82) is 0 Å². The summed E-state index contributed by atoms with van der Waals surface area (Å²) in [5, 5.41) is 0. The highest BCUT2D eigenvalue weighted by Gasteiger charge is 2.30. The largest absolute Gasteiger partial charge is 1.00 e. The maximum absolute atomic E-state index is 2.50. The van der Waals surface area contributed by atoms with Gasteiger partial charge in [0.1, 0.15) is 0 Å². The molecular formula is C14H17IN2. The molecule has 0 aliphatic carbocycles. The van der Waals surface area contributed by atoms with Crippen LogP contribution in [0.15, 0.2) is 18.5 Å². The monoisotopic (exact) mass is 340 g/mol. The lowest BCUT2D eigenvalue weighted by Gasteiger charge is -2.17. The van der Waals surface area contributed by atoms with Gasteiger partial charge in [0.2, 0.25) is 6.33 Å². The molecule has 3 heterocycles. The topological polar surface area (TPSA) is 8.81 Å². The Bertz CT molecular complexity index is 585. The number of hydrogen-bond acceptors (Lipinski definition) is 0. The Morgan fingerprint density at radius 2 is 2.06 bits per heavy atom. The second-order valence-corrected chi connectivity index (χ2v) is 5.29. The number of aromatic nitrogens is 2. The van der Waals surface area contributed by atoms with Crippen LogP contribution >= 0.6 is 0 Å². The molecule has 0 radical (unpaired) electrons. The molecule has 0 N–H and O–H groups in total. The third-order valence-corrected chi connectivity index (χ3v) is 4.28. The van der Waals surface area contributed by atoms with E-state index in [1.54, 1.807) is 11.1 Å². The maximum atomic E-state index is 2.50. The summed E-state index contributed by atoms with van der Waals surface area (Å²) in [6.45, 7) is 3.55. The van der Waals surface area contributed by atoms with Gasteiger partial charge in [-0.2, -0.15) is 0 Å². The number of rotatable bonds is 0. The summed E-state index contributed by atoms with van der Waals surface area (Å²) in [7, 11) is 0. The number of benzene rings is 1. The molecule has 2 aromatic rings. The zero-order chi connectivity index (χ0) is 10.7. The summed E-state index contributed by atoms with van der Waals surface area (Å²) in [4.78, 5) is 0. The van der Waals surface area contributed by atoms with Crippen molar-refractivity contribution in [2.24, 2.45) is 0 Å². The number of aryl methyl sites for hydroxylation is 3.